The van der Waals surface area contributed by atoms with Gasteiger partial charge < -0.3 is 5.11 Å². The smallest absolute Gasteiger partial charge is 0.303 e. The van der Waals surface area contributed by atoms with Crippen LogP contribution in [-0.4, -0.2) is 21.3 Å². The molecule has 4 nitrogen and oxygen atoms in total. The van der Waals surface area contributed by atoms with Crippen molar-refractivity contribution in [2.24, 2.45) is 0 Å². The maximum atomic E-state index is 13.8. The number of nitrogens with zero attached hydrogens (tertiary/aromatic N) is 1. The highest BCUT2D eigenvalue weighted by atomic mass is 19.1. The van der Waals surface area contributed by atoms with Gasteiger partial charge in [-0.3, -0.25) is 9.89 Å². The van der Waals surface area contributed by atoms with Crippen LogP contribution in [0, 0.1) is 12.7 Å². The number of rotatable bonds is 4. The first kappa shape index (κ1) is 12.3. The molecule has 2 aromatic rings. The minimum atomic E-state index is -0.893. The Labute approximate surface area is 103 Å². The molecule has 0 atom stereocenters. The molecule has 5 heteroatoms. The number of nitrogens with one attached hydrogen (secondary N) is 1. The van der Waals surface area contributed by atoms with E-state index in [1.807, 2.05) is 0 Å². The van der Waals surface area contributed by atoms with E-state index in [2.05, 4.69) is 10.2 Å². The Morgan fingerprint density at radius 2 is 2.17 bits per heavy atom. The first-order valence-corrected chi connectivity index (χ1v) is 5.60. The second-order valence-corrected chi connectivity index (χ2v) is 4.04. The second kappa shape index (κ2) is 5.00. The number of carbonyl (C=O) groups is 1. The zero-order valence-electron chi connectivity index (χ0n) is 9.90. The average molecular weight is 248 g/mol. The van der Waals surface area contributed by atoms with Gasteiger partial charge in [-0.2, -0.15) is 5.10 Å². The molecule has 0 spiro atoms. The van der Waals surface area contributed by atoms with E-state index in [1.165, 1.54) is 6.07 Å². The van der Waals surface area contributed by atoms with Gasteiger partial charge in [-0.05, 0) is 13.0 Å². The fourth-order valence-corrected chi connectivity index (χ4v) is 1.91. The molecular formula is C13H13FN2O2. The van der Waals surface area contributed by atoms with Crippen LogP contribution in [0.2, 0.25) is 0 Å². The summed E-state index contributed by atoms with van der Waals surface area (Å²) in [5, 5.41) is 15.5. The van der Waals surface area contributed by atoms with E-state index >= 15 is 0 Å². The minimum Gasteiger partial charge on any atom is -0.481 e. The molecule has 1 aromatic carbocycles. The molecule has 94 valence electrons. The van der Waals surface area contributed by atoms with Crippen molar-refractivity contribution in [2.75, 3.05) is 0 Å². The summed E-state index contributed by atoms with van der Waals surface area (Å²) in [5.74, 6) is -1.23. The van der Waals surface area contributed by atoms with Gasteiger partial charge in [0.15, 0.2) is 0 Å². The standard InChI is InChI=1S/C13H13FN2O2/c1-8-13(9-4-2-3-5-10(9)14)11(16-15-8)6-7-12(17)18/h2-5H,6-7H2,1H3,(H,15,16)(H,17,18). The van der Waals surface area contributed by atoms with E-state index in [4.69, 9.17) is 5.11 Å². The molecule has 1 heterocycles. The quantitative estimate of drug-likeness (QED) is 0.873. The molecule has 2 N–H and O–H groups in total. The molecule has 0 saturated carbocycles. The monoisotopic (exact) mass is 248 g/mol. The summed E-state index contributed by atoms with van der Waals surface area (Å²) in [6, 6.07) is 6.40. The summed E-state index contributed by atoms with van der Waals surface area (Å²) in [7, 11) is 0. The minimum absolute atomic E-state index is 0.0221. The molecule has 0 bridgehead atoms. The van der Waals surface area contributed by atoms with Crippen molar-refractivity contribution in [3.8, 4) is 11.1 Å². The van der Waals surface area contributed by atoms with Crippen LogP contribution in [0.4, 0.5) is 4.39 Å². The van der Waals surface area contributed by atoms with Crippen molar-refractivity contribution >= 4 is 5.97 Å². The molecule has 0 amide bonds. The Bertz CT molecular complexity index is 578. The first-order chi connectivity index (χ1) is 8.59. The van der Waals surface area contributed by atoms with Crippen molar-refractivity contribution in [1.29, 1.82) is 0 Å². The lowest BCUT2D eigenvalue weighted by atomic mass is 10.0. The van der Waals surface area contributed by atoms with E-state index in [0.29, 0.717) is 16.8 Å². The number of carboxylic acids is 1. The third-order valence-corrected chi connectivity index (χ3v) is 2.74. The van der Waals surface area contributed by atoms with Crippen molar-refractivity contribution in [3.63, 3.8) is 0 Å². The largest absolute Gasteiger partial charge is 0.481 e. The van der Waals surface area contributed by atoms with Gasteiger partial charge in [-0.25, -0.2) is 4.39 Å². The van der Waals surface area contributed by atoms with Crippen LogP contribution < -0.4 is 0 Å². The number of benzene rings is 1. The van der Waals surface area contributed by atoms with E-state index in [-0.39, 0.29) is 18.7 Å². The molecule has 0 aliphatic rings. The predicted octanol–water partition coefficient (Wildman–Crippen LogP) is 2.54. The molecule has 0 aliphatic heterocycles. The number of hydrogen-bond donors (Lipinski definition) is 2. The highest BCUT2D eigenvalue weighted by molar-refractivity contribution is 5.71. The predicted molar refractivity (Wildman–Crippen MR) is 64.7 cm³/mol. The molecule has 1 aromatic heterocycles. The number of carboxylic acid groups (broad SMARTS) is 1. The number of halogens is 1. The Hall–Kier alpha value is -2.17. The zero-order valence-corrected chi connectivity index (χ0v) is 9.90. The van der Waals surface area contributed by atoms with Gasteiger partial charge in [0.1, 0.15) is 5.82 Å². The third kappa shape index (κ3) is 2.40. The van der Waals surface area contributed by atoms with Gasteiger partial charge in [0.25, 0.3) is 0 Å². The molecule has 0 aliphatic carbocycles. The molecule has 0 saturated heterocycles. The summed E-state index contributed by atoms with van der Waals surface area (Å²) in [5.41, 5.74) is 2.43. The molecule has 0 fully saturated rings. The molecular weight excluding hydrogens is 235 g/mol. The van der Waals surface area contributed by atoms with Crippen LogP contribution in [-0.2, 0) is 11.2 Å². The van der Waals surface area contributed by atoms with Gasteiger partial charge in [0.05, 0.1) is 12.1 Å². The highest BCUT2D eigenvalue weighted by Crippen LogP contribution is 2.28. The Kier molecular flexibility index (Phi) is 3.41. The fourth-order valence-electron chi connectivity index (χ4n) is 1.91. The lowest BCUT2D eigenvalue weighted by Gasteiger charge is -2.04. The number of H-pyrrole nitrogens is 1. The highest BCUT2D eigenvalue weighted by Gasteiger charge is 2.16. The fraction of sp³-hybridized carbons (Fsp3) is 0.231. The molecule has 0 unspecified atom stereocenters. The Morgan fingerprint density at radius 1 is 1.44 bits per heavy atom. The molecule has 18 heavy (non-hydrogen) atoms. The number of hydrogen-bond acceptors (Lipinski definition) is 2. The lowest BCUT2D eigenvalue weighted by Crippen LogP contribution is -1.99. The van der Waals surface area contributed by atoms with E-state index in [0.717, 1.165) is 5.69 Å². The van der Waals surface area contributed by atoms with E-state index in [1.54, 1.807) is 25.1 Å². The van der Waals surface area contributed by atoms with Crippen molar-refractivity contribution < 1.29 is 14.3 Å². The maximum Gasteiger partial charge on any atom is 0.303 e. The summed E-state index contributed by atoms with van der Waals surface area (Å²) >= 11 is 0. The van der Waals surface area contributed by atoms with Crippen LogP contribution in [0.25, 0.3) is 11.1 Å². The summed E-state index contributed by atoms with van der Waals surface area (Å²) in [6.45, 7) is 1.79. The first-order valence-electron chi connectivity index (χ1n) is 5.60. The SMILES string of the molecule is Cc1[nH]nc(CCC(=O)O)c1-c1ccccc1F. The summed E-state index contributed by atoms with van der Waals surface area (Å²) in [6.07, 6.45) is 0.259. The van der Waals surface area contributed by atoms with Crippen molar-refractivity contribution in [2.45, 2.75) is 19.8 Å². The van der Waals surface area contributed by atoms with E-state index in [9.17, 15) is 9.18 Å². The van der Waals surface area contributed by atoms with Crippen LogP contribution in [0.3, 0.4) is 0 Å². The van der Waals surface area contributed by atoms with Crippen molar-refractivity contribution in [3.05, 3.63) is 41.5 Å². The maximum absolute atomic E-state index is 13.8. The zero-order chi connectivity index (χ0) is 13.1. The van der Waals surface area contributed by atoms with Crippen LogP contribution >= 0.6 is 0 Å². The average Bonchev–Trinajstić information content (AvgIpc) is 2.69. The molecule has 2 rings (SSSR count). The third-order valence-electron chi connectivity index (χ3n) is 2.74. The van der Waals surface area contributed by atoms with Gasteiger partial charge in [-0.1, -0.05) is 18.2 Å². The van der Waals surface area contributed by atoms with Gasteiger partial charge >= 0.3 is 5.97 Å². The van der Waals surface area contributed by atoms with Crippen LogP contribution in [0.5, 0.6) is 0 Å². The number of aliphatic carboxylic acids is 1. The topological polar surface area (TPSA) is 66.0 Å². The summed E-state index contributed by atoms with van der Waals surface area (Å²) in [4.78, 5) is 10.6. The normalized spacial score (nSPS) is 10.6. The summed E-state index contributed by atoms with van der Waals surface area (Å²) < 4.78 is 13.8. The van der Waals surface area contributed by atoms with Crippen LogP contribution in [0.15, 0.2) is 24.3 Å². The lowest BCUT2D eigenvalue weighted by molar-refractivity contribution is -0.136. The Balaban J connectivity index is 2.41. The number of aromatic nitrogens is 2. The number of aromatic amines is 1. The van der Waals surface area contributed by atoms with E-state index < -0.39 is 5.97 Å². The van der Waals surface area contributed by atoms with Crippen LogP contribution in [0.1, 0.15) is 17.8 Å². The van der Waals surface area contributed by atoms with Gasteiger partial charge in [0.2, 0.25) is 0 Å². The van der Waals surface area contributed by atoms with Gasteiger partial charge in [-0.15, -0.1) is 0 Å². The van der Waals surface area contributed by atoms with Crippen molar-refractivity contribution in [1.82, 2.24) is 10.2 Å². The Morgan fingerprint density at radius 3 is 2.83 bits per heavy atom. The molecule has 0 radical (unpaired) electrons. The van der Waals surface area contributed by atoms with Gasteiger partial charge in [0, 0.05) is 23.2 Å². The second-order valence-electron chi connectivity index (χ2n) is 4.04. The number of aryl methyl sites for hydroxylation is 2.